The smallest absolute Gasteiger partial charge is 0.226 e. The molecule has 1 unspecified atom stereocenters. The summed E-state index contributed by atoms with van der Waals surface area (Å²) in [4.78, 5) is 29.7. The molecule has 2 amide bonds. The average molecular weight is 501 g/mol. The highest BCUT2D eigenvalue weighted by Crippen LogP contribution is 2.12. The van der Waals surface area contributed by atoms with Crippen molar-refractivity contribution in [2.75, 3.05) is 25.5 Å². The predicted molar refractivity (Wildman–Crippen MR) is 124 cm³/mol. The van der Waals surface area contributed by atoms with Crippen molar-refractivity contribution in [1.82, 2.24) is 15.5 Å². The molecule has 7 nitrogen and oxygen atoms in total. The van der Waals surface area contributed by atoms with Crippen LogP contribution in [0.2, 0.25) is 0 Å². The van der Waals surface area contributed by atoms with Crippen molar-refractivity contribution >= 4 is 47.4 Å². The van der Waals surface area contributed by atoms with Crippen molar-refractivity contribution in [3.8, 4) is 0 Å². The lowest BCUT2D eigenvalue weighted by atomic mass is 10.1. The largest absolute Gasteiger partial charge is 0.352 e. The standard InChI is InChI=1S/C20H31N5O2.HI/c1-5-18(26)25-11-10-17(13-25)24-20(21-4)22-12-15-6-8-16(9-7-15)23-19(27)14(2)3;/h6-9,14,17H,5,10-13H2,1-4H3,(H,23,27)(H2,21,22,24);1H. The van der Waals surface area contributed by atoms with Crippen LogP contribution in [-0.4, -0.2) is 48.9 Å². The maximum atomic E-state index is 11.8. The Morgan fingerprint density at radius 3 is 2.50 bits per heavy atom. The molecule has 0 saturated carbocycles. The molecule has 1 aromatic carbocycles. The number of halogens is 1. The van der Waals surface area contributed by atoms with E-state index in [9.17, 15) is 9.59 Å². The summed E-state index contributed by atoms with van der Waals surface area (Å²) in [5.41, 5.74) is 1.89. The first-order valence-corrected chi connectivity index (χ1v) is 9.57. The first kappa shape index (κ1) is 24.2. The van der Waals surface area contributed by atoms with E-state index in [2.05, 4.69) is 20.9 Å². The van der Waals surface area contributed by atoms with Crippen molar-refractivity contribution in [2.24, 2.45) is 10.9 Å². The Hall–Kier alpha value is -1.84. The van der Waals surface area contributed by atoms with Gasteiger partial charge in [-0.2, -0.15) is 0 Å². The zero-order valence-electron chi connectivity index (χ0n) is 17.1. The average Bonchev–Trinajstić information content (AvgIpc) is 3.14. The molecule has 1 aliphatic rings. The molecule has 28 heavy (non-hydrogen) atoms. The summed E-state index contributed by atoms with van der Waals surface area (Å²) in [5.74, 6) is 0.896. The quantitative estimate of drug-likeness (QED) is 0.318. The van der Waals surface area contributed by atoms with E-state index in [4.69, 9.17) is 0 Å². The van der Waals surface area contributed by atoms with E-state index < -0.39 is 0 Å². The van der Waals surface area contributed by atoms with Gasteiger partial charge >= 0.3 is 0 Å². The third-order valence-corrected chi connectivity index (χ3v) is 4.61. The molecule has 156 valence electrons. The van der Waals surface area contributed by atoms with Crippen LogP contribution in [0.5, 0.6) is 0 Å². The van der Waals surface area contributed by atoms with E-state index in [0.717, 1.165) is 36.7 Å². The number of aliphatic imine (C=N–C) groups is 1. The van der Waals surface area contributed by atoms with E-state index >= 15 is 0 Å². The van der Waals surface area contributed by atoms with Gasteiger partial charge in [-0.3, -0.25) is 14.6 Å². The summed E-state index contributed by atoms with van der Waals surface area (Å²) in [6.45, 7) is 7.77. The van der Waals surface area contributed by atoms with Crippen LogP contribution in [0.15, 0.2) is 29.3 Å². The molecule has 1 atom stereocenters. The molecule has 1 aliphatic heterocycles. The van der Waals surface area contributed by atoms with Crippen LogP contribution in [0.1, 0.15) is 39.2 Å². The second kappa shape index (κ2) is 11.9. The maximum absolute atomic E-state index is 11.8. The summed E-state index contributed by atoms with van der Waals surface area (Å²) < 4.78 is 0. The van der Waals surface area contributed by atoms with E-state index in [1.807, 2.05) is 49.9 Å². The molecule has 0 spiro atoms. The normalized spacial score (nSPS) is 16.5. The summed E-state index contributed by atoms with van der Waals surface area (Å²) in [6, 6.07) is 7.98. The number of anilines is 1. The maximum Gasteiger partial charge on any atom is 0.226 e. The molecule has 0 bridgehead atoms. The van der Waals surface area contributed by atoms with Crippen LogP contribution >= 0.6 is 24.0 Å². The third-order valence-electron chi connectivity index (χ3n) is 4.61. The van der Waals surface area contributed by atoms with Crippen LogP contribution in [0.3, 0.4) is 0 Å². The number of carbonyl (C=O) groups excluding carboxylic acids is 2. The number of benzene rings is 1. The number of nitrogens with one attached hydrogen (secondary N) is 3. The van der Waals surface area contributed by atoms with Crippen molar-refractivity contribution in [3.63, 3.8) is 0 Å². The summed E-state index contributed by atoms with van der Waals surface area (Å²) >= 11 is 0. The minimum absolute atomic E-state index is 0. The Morgan fingerprint density at radius 1 is 1.25 bits per heavy atom. The molecular formula is C20H32IN5O2. The lowest BCUT2D eigenvalue weighted by molar-refractivity contribution is -0.129. The number of likely N-dealkylation sites (tertiary alicyclic amines) is 1. The zero-order chi connectivity index (χ0) is 19.8. The van der Waals surface area contributed by atoms with Gasteiger partial charge in [-0.05, 0) is 24.1 Å². The first-order chi connectivity index (χ1) is 12.9. The molecule has 1 saturated heterocycles. The van der Waals surface area contributed by atoms with Crippen LogP contribution in [0, 0.1) is 5.92 Å². The van der Waals surface area contributed by atoms with Gasteiger partial charge in [0.2, 0.25) is 11.8 Å². The Morgan fingerprint density at radius 2 is 1.93 bits per heavy atom. The van der Waals surface area contributed by atoms with Gasteiger partial charge in [-0.25, -0.2) is 0 Å². The minimum Gasteiger partial charge on any atom is -0.352 e. The lowest BCUT2D eigenvalue weighted by Crippen LogP contribution is -2.44. The Balaban J connectivity index is 0.00000392. The Labute approximate surface area is 184 Å². The van der Waals surface area contributed by atoms with Gasteiger partial charge in [0.05, 0.1) is 0 Å². The van der Waals surface area contributed by atoms with Gasteiger partial charge in [0.25, 0.3) is 0 Å². The summed E-state index contributed by atoms with van der Waals surface area (Å²) in [6.07, 6.45) is 1.48. The number of hydrogen-bond acceptors (Lipinski definition) is 3. The lowest BCUT2D eigenvalue weighted by Gasteiger charge is -2.19. The Bertz CT molecular complexity index is 676. The highest BCUT2D eigenvalue weighted by molar-refractivity contribution is 14.0. The number of guanidine groups is 1. The van der Waals surface area contributed by atoms with Crippen LogP contribution in [0.4, 0.5) is 5.69 Å². The van der Waals surface area contributed by atoms with Gasteiger partial charge in [-0.15, -0.1) is 24.0 Å². The van der Waals surface area contributed by atoms with Crippen molar-refractivity contribution in [1.29, 1.82) is 0 Å². The van der Waals surface area contributed by atoms with Crippen molar-refractivity contribution < 1.29 is 9.59 Å². The van der Waals surface area contributed by atoms with E-state index in [1.165, 1.54) is 0 Å². The molecule has 0 aliphatic carbocycles. The number of nitrogens with zero attached hydrogens (tertiary/aromatic N) is 2. The van der Waals surface area contributed by atoms with E-state index in [1.54, 1.807) is 7.05 Å². The molecule has 0 aromatic heterocycles. The molecule has 3 N–H and O–H groups in total. The number of amides is 2. The molecular weight excluding hydrogens is 469 g/mol. The fourth-order valence-electron chi connectivity index (χ4n) is 2.89. The zero-order valence-corrected chi connectivity index (χ0v) is 19.4. The first-order valence-electron chi connectivity index (χ1n) is 9.57. The fourth-order valence-corrected chi connectivity index (χ4v) is 2.89. The van der Waals surface area contributed by atoms with Crippen molar-refractivity contribution in [2.45, 2.75) is 46.2 Å². The summed E-state index contributed by atoms with van der Waals surface area (Å²) in [5, 5.41) is 9.56. The molecule has 2 rings (SSSR count). The van der Waals surface area contributed by atoms with Gasteiger partial charge in [-0.1, -0.05) is 32.9 Å². The summed E-state index contributed by atoms with van der Waals surface area (Å²) in [7, 11) is 1.74. The topological polar surface area (TPSA) is 85.8 Å². The third kappa shape index (κ3) is 7.29. The highest BCUT2D eigenvalue weighted by Gasteiger charge is 2.25. The number of hydrogen-bond donors (Lipinski definition) is 3. The van der Waals surface area contributed by atoms with Crippen LogP contribution < -0.4 is 16.0 Å². The molecule has 1 heterocycles. The van der Waals surface area contributed by atoms with Gasteiger partial charge in [0, 0.05) is 50.7 Å². The van der Waals surface area contributed by atoms with E-state index in [0.29, 0.717) is 13.0 Å². The van der Waals surface area contributed by atoms with Crippen molar-refractivity contribution in [3.05, 3.63) is 29.8 Å². The SMILES string of the molecule is CCC(=O)N1CCC(NC(=NC)NCc2ccc(NC(=O)C(C)C)cc2)C1.I. The molecule has 8 heteroatoms. The molecule has 1 aromatic rings. The van der Waals surface area contributed by atoms with Gasteiger partial charge < -0.3 is 20.9 Å². The second-order valence-corrected chi connectivity index (χ2v) is 7.09. The monoisotopic (exact) mass is 501 g/mol. The minimum atomic E-state index is -0.0418. The van der Waals surface area contributed by atoms with Crippen LogP contribution in [0.25, 0.3) is 0 Å². The fraction of sp³-hybridized carbons (Fsp3) is 0.550. The Kier molecular flexibility index (Phi) is 10.3. The van der Waals surface area contributed by atoms with Crippen LogP contribution in [-0.2, 0) is 16.1 Å². The number of carbonyl (C=O) groups is 2. The number of rotatable bonds is 6. The van der Waals surface area contributed by atoms with E-state index in [-0.39, 0.29) is 47.8 Å². The molecule has 1 fully saturated rings. The molecule has 0 radical (unpaired) electrons. The van der Waals surface area contributed by atoms with Gasteiger partial charge in [0.1, 0.15) is 0 Å². The highest BCUT2D eigenvalue weighted by atomic mass is 127. The van der Waals surface area contributed by atoms with Gasteiger partial charge in [0.15, 0.2) is 5.96 Å². The predicted octanol–water partition coefficient (Wildman–Crippen LogP) is 2.58. The second-order valence-electron chi connectivity index (χ2n) is 7.09.